The molecule has 0 bridgehead atoms. The first-order valence-electron chi connectivity index (χ1n) is 4.52. The maximum Gasteiger partial charge on any atom is 0.338 e. The number of anilines is 1. The van der Waals surface area contributed by atoms with Crippen LogP contribution in [0.4, 0.5) is 10.1 Å². The smallest absolute Gasteiger partial charge is 0.338 e. The van der Waals surface area contributed by atoms with E-state index in [0.29, 0.717) is 18.7 Å². The molecular weight excluding hydrogens is 201 g/mol. The Kier molecular flexibility index (Phi) is 4.05. The second-order valence-corrected chi connectivity index (χ2v) is 3.00. The normalized spacial score (nSPS) is 10.0. The fourth-order valence-corrected chi connectivity index (χ4v) is 1.11. The van der Waals surface area contributed by atoms with Gasteiger partial charge in [-0.2, -0.15) is 0 Å². The number of carboxylic acids is 1. The summed E-state index contributed by atoms with van der Waals surface area (Å²) in [5.74, 6) is -2.05. The highest BCUT2D eigenvalue weighted by molar-refractivity contribution is 5.89. The van der Waals surface area contributed by atoms with Crippen molar-refractivity contribution in [2.45, 2.75) is 6.42 Å². The van der Waals surface area contributed by atoms with E-state index < -0.39 is 11.8 Å². The van der Waals surface area contributed by atoms with Gasteiger partial charge in [-0.15, -0.1) is 0 Å². The Hall–Kier alpha value is -1.62. The second-order valence-electron chi connectivity index (χ2n) is 3.00. The van der Waals surface area contributed by atoms with Gasteiger partial charge in [0.2, 0.25) is 0 Å². The molecule has 0 amide bonds. The summed E-state index contributed by atoms with van der Waals surface area (Å²) in [6, 6.07) is 3.79. The first-order chi connectivity index (χ1) is 7.15. The van der Waals surface area contributed by atoms with Gasteiger partial charge in [-0.25, -0.2) is 9.18 Å². The van der Waals surface area contributed by atoms with Gasteiger partial charge in [-0.05, 0) is 24.6 Å². The predicted octanol–water partition coefficient (Wildman–Crippen LogP) is 1.32. The lowest BCUT2D eigenvalue weighted by molar-refractivity contribution is 0.0692. The van der Waals surface area contributed by atoms with Gasteiger partial charge in [0.05, 0.1) is 5.56 Å². The molecule has 0 atom stereocenters. The van der Waals surface area contributed by atoms with Crippen LogP contribution in [-0.4, -0.2) is 29.3 Å². The van der Waals surface area contributed by atoms with Crippen molar-refractivity contribution in [3.63, 3.8) is 0 Å². The van der Waals surface area contributed by atoms with E-state index in [1.54, 1.807) is 0 Å². The molecule has 0 aromatic heterocycles. The molecule has 0 spiro atoms. The highest BCUT2D eigenvalue weighted by atomic mass is 19.1. The van der Waals surface area contributed by atoms with Gasteiger partial charge < -0.3 is 15.5 Å². The van der Waals surface area contributed by atoms with Crippen LogP contribution in [0.5, 0.6) is 0 Å². The molecule has 0 saturated heterocycles. The van der Waals surface area contributed by atoms with Gasteiger partial charge in [0, 0.05) is 18.8 Å². The standard InChI is InChI=1S/C10H12FNO3/c11-9-3-2-7(12-4-1-5-13)6-8(9)10(14)15/h2-3,6,12-13H,1,4-5H2,(H,14,15). The molecule has 82 valence electrons. The average Bonchev–Trinajstić information content (AvgIpc) is 2.20. The van der Waals surface area contributed by atoms with Crippen LogP contribution in [0, 0.1) is 5.82 Å². The zero-order valence-electron chi connectivity index (χ0n) is 8.03. The largest absolute Gasteiger partial charge is 0.478 e. The molecule has 1 aromatic rings. The van der Waals surface area contributed by atoms with Crippen molar-refractivity contribution in [2.75, 3.05) is 18.5 Å². The van der Waals surface area contributed by atoms with Crippen LogP contribution in [0.15, 0.2) is 18.2 Å². The van der Waals surface area contributed by atoms with Crippen molar-refractivity contribution in [3.05, 3.63) is 29.6 Å². The summed E-state index contributed by atoms with van der Waals surface area (Å²) in [6.07, 6.45) is 0.555. The van der Waals surface area contributed by atoms with Crippen molar-refractivity contribution in [1.29, 1.82) is 0 Å². The van der Waals surface area contributed by atoms with Gasteiger partial charge in [-0.1, -0.05) is 0 Å². The first-order valence-corrected chi connectivity index (χ1v) is 4.52. The van der Waals surface area contributed by atoms with Gasteiger partial charge in [0.15, 0.2) is 0 Å². The van der Waals surface area contributed by atoms with Crippen molar-refractivity contribution in [3.8, 4) is 0 Å². The predicted molar refractivity (Wildman–Crippen MR) is 53.6 cm³/mol. The monoisotopic (exact) mass is 213 g/mol. The van der Waals surface area contributed by atoms with Crippen LogP contribution in [0.1, 0.15) is 16.8 Å². The minimum absolute atomic E-state index is 0.0555. The summed E-state index contributed by atoms with van der Waals surface area (Å²) >= 11 is 0. The molecule has 5 heteroatoms. The van der Waals surface area contributed by atoms with Crippen molar-refractivity contribution >= 4 is 11.7 Å². The molecule has 0 aliphatic rings. The molecule has 0 radical (unpaired) electrons. The van der Waals surface area contributed by atoms with Crippen LogP contribution >= 0.6 is 0 Å². The number of carboxylic acid groups (broad SMARTS) is 1. The minimum Gasteiger partial charge on any atom is -0.478 e. The van der Waals surface area contributed by atoms with Crippen molar-refractivity contribution in [1.82, 2.24) is 0 Å². The van der Waals surface area contributed by atoms with E-state index in [1.807, 2.05) is 0 Å². The van der Waals surface area contributed by atoms with Crippen LogP contribution in [0.2, 0.25) is 0 Å². The molecule has 0 fully saturated rings. The lowest BCUT2D eigenvalue weighted by Crippen LogP contribution is -2.06. The zero-order valence-corrected chi connectivity index (χ0v) is 8.03. The number of halogens is 1. The third-order valence-corrected chi connectivity index (χ3v) is 1.86. The maximum atomic E-state index is 13.0. The van der Waals surface area contributed by atoms with Crippen LogP contribution in [0.25, 0.3) is 0 Å². The number of nitrogens with one attached hydrogen (secondary N) is 1. The lowest BCUT2D eigenvalue weighted by atomic mass is 10.2. The molecular formula is C10H12FNO3. The minimum atomic E-state index is -1.29. The molecule has 1 rings (SSSR count). The highest BCUT2D eigenvalue weighted by Gasteiger charge is 2.10. The summed E-state index contributed by atoms with van der Waals surface area (Å²) in [5.41, 5.74) is 0.172. The van der Waals surface area contributed by atoms with Crippen molar-refractivity contribution in [2.24, 2.45) is 0 Å². The van der Waals surface area contributed by atoms with Crippen LogP contribution in [-0.2, 0) is 0 Å². The number of aliphatic hydroxyl groups is 1. The summed E-state index contributed by atoms with van der Waals surface area (Å²) in [5, 5.41) is 20.1. The number of carbonyl (C=O) groups is 1. The van der Waals surface area contributed by atoms with E-state index in [1.165, 1.54) is 12.1 Å². The number of hydrogen-bond acceptors (Lipinski definition) is 3. The van der Waals surface area contributed by atoms with Gasteiger partial charge in [0.25, 0.3) is 0 Å². The first kappa shape index (κ1) is 11.5. The van der Waals surface area contributed by atoms with Crippen LogP contribution < -0.4 is 5.32 Å². The highest BCUT2D eigenvalue weighted by Crippen LogP contribution is 2.14. The lowest BCUT2D eigenvalue weighted by Gasteiger charge is -2.06. The third kappa shape index (κ3) is 3.21. The third-order valence-electron chi connectivity index (χ3n) is 1.86. The molecule has 0 saturated carbocycles. The molecule has 3 N–H and O–H groups in total. The van der Waals surface area contributed by atoms with E-state index in [-0.39, 0.29) is 12.2 Å². The fraction of sp³-hybridized carbons (Fsp3) is 0.300. The molecule has 0 unspecified atom stereocenters. The van der Waals surface area contributed by atoms with Gasteiger partial charge in [-0.3, -0.25) is 0 Å². The van der Waals surface area contributed by atoms with E-state index in [0.717, 1.165) is 6.07 Å². The van der Waals surface area contributed by atoms with E-state index in [2.05, 4.69) is 5.32 Å². The number of rotatable bonds is 5. The quantitative estimate of drug-likeness (QED) is 0.645. The Balaban J connectivity index is 2.74. The second kappa shape index (κ2) is 5.31. The Morgan fingerprint density at radius 1 is 1.47 bits per heavy atom. The Bertz CT molecular complexity index is 355. The summed E-state index contributed by atoms with van der Waals surface area (Å²) < 4.78 is 13.0. The molecule has 0 heterocycles. The number of hydrogen-bond donors (Lipinski definition) is 3. The van der Waals surface area contributed by atoms with E-state index >= 15 is 0 Å². The topological polar surface area (TPSA) is 69.6 Å². The molecule has 0 aliphatic carbocycles. The maximum absolute atomic E-state index is 13.0. The SMILES string of the molecule is O=C(O)c1cc(NCCCO)ccc1F. The van der Waals surface area contributed by atoms with E-state index in [9.17, 15) is 9.18 Å². The van der Waals surface area contributed by atoms with E-state index in [4.69, 9.17) is 10.2 Å². The molecule has 1 aromatic carbocycles. The average molecular weight is 213 g/mol. The Morgan fingerprint density at radius 2 is 2.20 bits per heavy atom. The Morgan fingerprint density at radius 3 is 2.80 bits per heavy atom. The number of aliphatic hydroxyl groups excluding tert-OH is 1. The van der Waals surface area contributed by atoms with Crippen molar-refractivity contribution < 1.29 is 19.4 Å². The molecule has 4 nitrogen and oxygen atoms in total. The summed E-state index contributed by atoms with van der Waals surface area (Å²) in [7, 11) is 0. The molecule has 0 aliphatic heterocycles. The Labute approximate surface area is 86.4 Å². The molecule has 15 heavy (non-hydrogen) atoms. The zero-order chi connectivity index (χ0) is 11.3. The van der Waals surface area contributed by atoms with Crippen LogP contribution in [0.3, 0.4) is 0 Å². The fourth-order valence-electron chi connectivity index (χ4n) is 1.11. The number of aromatic carboxylic acids is 1. The van der Waals surface area contributed by atoms with Gasteiger partial charge >= 0.3 is 5.97 Å². The summed E-state index contributed by atoms with van der Waals surface area (Å²) in [4.78, 5) is 10.6. The van der Waals surface area contributed by atoms with Gasteiger partial charge in [0.1, 0.15) is 5.82 Å². The number of benzene rings is 1. The summed E-state index contributed by atoms with van der Waals surface area (Å²) in [6.45, 7) is 0.571.